The monoisotopic (exact) mass is 391 g/mol. The van der Waals surface area contributed by atoms with Crippen LogP contribution < -0.4 is 21.6 Å². The fourth-order valence-electron chi connectivity index (χ4n) is 4.48. The molecule has 29 heavy (non-hydrogen) atoms. The molecule has 3 heterocycles. The first kappa shape index (κ1) is 18.2. The van der Waals surface area contributed by atoms with Crippen molar-refractivity contribution in [3.05, 3.63) is 76.7 Å². The maximum absolute atomic E-state index is 13.8. The van der Waals surface area contributed by atoms with Crippen LogP contribution >= 0.6 is 0 Å². The molecule has 2 aromatic carbocycles. The zero-order chi connectivity index (χ0) is 19.8. The molecule has 1 unspecified atom stereocenters. The molecular formula is C23H26FN5. The molecule has 6 heteroatoms. The second-order valence-electron chi connectivity index (χ2n) is 7.84. The summed E-state index contributed by atoms with van der Waals surface area (Å²) in [6, 6.07) is 13.6. The average molecular weight is 391 g/mol. The Morgan fingerprint density at radius 1 is 1.17 bits per heavy atom. The third-order valence-electron chi connectivity index (χ3n) is 5.93. The first-order valence-electron chi connectivity index (χ1n) is 10.3. The maximum atomic E-state index is 13.8. The van der Waals surface area contributed by atoms with Gasteiger partial charge in [0.15, 0.2) is 0 Å². The minimum absolute atomic E-state index is 0.0989. The van der Waals surface area contributed by atoms with Gasteiger partial charge in [-0.2, -0.15) is 0 Å². The second-order valence-corrected chi connectivity index (χ2v) is 7.84. The van der Waals surface area contributed by atoms with Crippen LogP contribution in [0, 0.1) is 5.82 Å². The van der Waals surface area contributed by atoms with Crippen molar-refractivity contribution in [2.45, 2.75) is 25.8 Å². The number of hydrazine groups is 2. The van der Waals surface area contributed by atoms with Crippen molar-refractivity contribution < 1.29 is 4.39 Å². The van der Waals surface area contributed by atoms with E-state index < -0.39 is 0 Å². The van der Waals surface area contributed by atoms with Crippen molar-refractivity contribution in [2.75, 3.05) is 25.0 Å². The summed E-state index contributed by atoms with van der Waals surface area (Å²) < 4.78 is 13.8. The molecule has 0 aromatic heterocycles. The number of anilines is 1. The van der Waals surface area contributed by atoms with Crippen molar-refractivity contribution in [3.8, 4) is 0 Å². The summed E-state index contributed by atoms with van der Waals surface area (Å²) in [5, 5.41) is 9.14. The van der Waals surface area contributed by atoms with Crippen LogP contribution in [0.4, 0.5) is 10.1 Å². The maximum Gasteiger partial charge on any atom is 0.125 e. The van der Waals surface area contributed by atoms with Crippen LogP contribution in [0.3, 0.4) is 0 Å². The number of allylic oxidation sites excluding steroid dienone is 1. The molecule has 0 fully saturated rings. The Morgan fingerprint density at radius 3 is 2.93 bits per heavy atom. The van der Waals surface area contributed by atoms with Crippen molar-refractivity contribution in [2.24, 2.45) is 0 Å². The molecule has 0 saturated heterocycles. The summed E-state index contributed by atoms with van der Waals surface area (Å²) in [6.07, 6.45) is 4.23. The molecule has 5 nitrogen and oxygen atoms in total. The Hall–Kier alpha value is -2.83. The van der Waals surface area contributed by atoms with Crippen LogP contribution in [0.1, 0.15) is 42.5 Å². The van der Waals surface area contributed by atoms with Crippen LogP contribution in [0.5, 0.6) is 0 Å². The highest BCUT2D eigenvalue weighted by Gasteiger charge is 2.30. The normalized spacial score (nSPS) is 21.1. The van der Waals surface area contributed by atoms with Crippen molar-refractivity contribution in [1.82, 2.24) is 21.3 Å². The minimum atomic E-state index is -0.220. The van der Waals surface area contributed by atoms with Gasteiger partial charge >= 0.3 is 0 Å². The molecule has 3 aliphatic heterocycles. The van der Waals surface area contributed by atoms with Crippen LogP contribution in [-0.2, 0) is 0 Å². The van der Waals surface area contributed by atoms with Gasteiger partial charge in [-0.1, -0.05) is 24.3 Å². The van der Waals surface area contributed by atoms with E-state index in [2.05, 4.69) is 57.8 Å². The van der Waals surface area contributed by atoms with Crippen LogP contribution in [0.15, 0.2) is 54.2 Å². The summed E-state index contributed by atoms with van der Waals surface area (Å²) in [7, 11) is 0. The molecule has 1 atom stereocenters. The summed E-state index contributed by atoms with van der Waals surface area (Å²) in [4.78, 5) is 0. The van der Waals surface area contributed by atoms with Crippen molar-refractivity contribution in [1.29, 1.82) is 0 Å². The van der Waals surface area contributed by atoms with Crippen LogP contribution in [-0.4, -0.2) is 24.6 Å². The van der Waals surface area contributed by atoms with Crippen molar-refractivity contribution >= 4 is 17.0 Å². The van der Waals surface area contributed by atoms with E-state index in [0.29, 0.717) is 0 Å². The van der Waals surface area contributed by atoms with Gasteiger partial charge in [0.1, 0.15) is 5.82 Å². The van der Waals surface area contributed by atoms with Crippen LogP contribution in [0.2, 0.25) is 0 Å². The largest absolute Gasteiger partial charge is 0.378 e. The van der Waals surface area contributed by atoms with E-state index in [4.69, 9.17) is 0 Å². The lowest BCUT2D eigenvalue weighted by atomic mass is 9.91. The van der Waals surface area contributed by atoms with Gasteiger partial charge in [-0.05, 0) is 67.3 Å². The number of hydrogen-bond acceptors (Lipinski definition) is 5. The molecule has 5 rings (SSSR count). The summed E-state index contributed by atoms with van der Waals surface area (Å²) in [5.41, 5.74) is 14.8. The molecule has 0 saturated carbocycles. The van der Waals surface area contributed by atoms with E-state index in [9.17, 15) is 4.39 Å². The number of halogens is 1. The fraction of sp³-hybridized carbons (Fsp3) is 0.304. The second kappa shape index (κ2) is 7.54. The quantitative estimate of drug-likeness (QED) is 0.642. The Balaban J connectivity index is 1.59. The molecule has 0 amide bonds. The molecule has 150 valence electrons. The number of rotatable bonds is 3. The Bertz CT molecular complexity index is 997. The van der Waals surface area contributed by atoms with E-state index in [1.54, 1.807) is 12.1 Å². The van der Waals surface area contributed by atoms with Gasteiger partial charge in [-0.25, -0.2) is 4.39 Å². The predicted octanol–water partition coefficient (Wildman–Crippen LogP) is 3.77. The summed E-state index contributed by atoms with van der Waals surface area (Å²) in [5.74, 6) is -0.220. The average Bonchev–Trinajstić information content (AvgIpc) is 3.03. The fourth-order valence-corrected chi connectivity index (χ4v) is 4.48. The SMILES string of the molecule is CC1=C2c3ccc(C4=CCNCC4)cc3C(Nc3cccc(F)c3)CCN2NN1. The summed E-state index contributed by atoms with van der Waals surface area (Å²) >= 11 is 0. The van der Waals surface area contributed by atoms with Gasteiger partial charge in [0.2, 0.25) is 0 Å². The number of hydrogen-bond donors (Lipinski definition) is 4. The van der Waals surface area contributed by atoms with Gasteiger partial charge in [-0.3, -0.25) is 5.01 Å². The third-order valence-corrected chi connectivity index (χ3v) is 5.93. The first-order chi connectivity index (χ1) is 14.2. The topological polar surface area (TPSA) is 51.4 Å². The molecule has 0 aliphatic carbocycles. The molecule has 3 aliphatic rings. The van der Waals surface area contributed by atoms with Gasteiger partial charge in [-0.15, -0.1) is 5.53 Å². The van der Waals surface area contributed by atoms with Crippen molar-refractivity contribution in [3.63, 3.8) is 0 Å². The molecule has 0 radical (unpaired) electrons. The Kier molecular flexibility index (Phi) is 4.73. The molecular weight excluding hydrogens is 365 g/mol. The number of nitrogens with zero attached hydrogens (tertiary/aromatic N) is 1. The molecule has 4 N–H and O–H groups in total. The van der Waals surface area contributed by atoms with Gasteiger partial charge < -0.3 is 16.1 Å². The lowest BCUT2D eigenvalue weighted by Crippen LogP contribution is -2.37. The van der Waals surface area contributed by atoms with Gasteiger partial charge in [0.05, 0.1) is 17.4 Å². The highest BCUT2D eigenvalue weighted by molar-refractivity contribution is 5.76. The van der Waals surface area contributed by atoms with Gasteiger partial charge in [0.25, 0.3) is 0 Å². The third kappa shape index (κ3) is 3.50. The zero-order valence-corrected chi connectivity index (χ0v) is 16.6. The number of benzene rings is 2. The lowest BCUT2D eigenvalue weighted by molar-refractivity contribution is 0.281. The number of nitrogens with one attached hydrogen (secondary N) is 4. The molecule has 2 aromatic rings. The summed E-state index contributed by atoms with van der Waals surface area (Å²) in [6.45, 7) is 4.88. The van der Waals surface area contributed by atoms with E-state index >= 15 is 0 Å². The molecule has 0 spiro atoms. The highest BCUT2D eigenvalue weighted by Crippen LogP contribution is 2.38. The lowest BCUT2D eigenvalue weighted by Gasteiger charge is -2.22. The first-order valence-corrected chi connectivity index (χ1v) is 10.3. The van der Waals surface area contributed by atoms with E-state index in [1.807, 2.05) is 6.07 Å². The Labute approximate surface area is 170 Å². The number of fused-ring (bicyclic) bond motifs is 3. The van der Waals surface area contributed by atoms with E-state index in [-0.39, 0.29) is 11.9 Å². The predicted molar refractivity (Wildman–Crippen MR) is 115 cm³/mol. The van der Waals surface area contributed by atoms with Gasteiger partial charge in [0, 0.05) is 24.3 Å². The smallest absolute Gasteiger partial charge is 0.125 e. The van der Waals surface area contributed by atoms with Crippen LogP contribution in [0.25, 0.3) is 11.3 Å². The highest BCUT2D eigenvalue weighted by atomic mass is 19.1. The molecule has 0 bridgehead atoms. The minimum Gasteiger partial charge on any atom is -0.378 e. The Morgan fingerprint density at radius 2 is 2.10 bits per heavy atom. The van der Waals surface area contributed by atoms with E-state index in [1.165, 1.54) is 34.0 Å². The standard InChI is InChI=1S/C23H26FN5/c1-15-23-20-6-5-17(16-7-10-25-11-8-16)13-21(20)22(9-12-29(23)28-27-15)26-19-4-2-3-18(24)14-19/h2-7,13-14,22,25-28H,8-12H2,1H3. The van der Waals surface area contributed by atoms with E-state index in [0.717, 1.165) is 43.9 Å². The zero-order valence-electron chi connectivity index (χ0n) is 16.6.